The van der Waals surface area contributed by atoms with Crippen molar-refractivity contribution < 1.29 is 9.53 Å². The SMILES string of the molecule is C=C(C)[C@@H]1CC/C(C)=C/CC/C(C)=C\C(=O)C[C@@]2(C)O[C@H]2C1. The molecule has 2 heteroatoms. The molecule has 0 saturated carbocycles. The number of epoxide rings is 1. The molecule has 0 amide bonds. The van der Waals surface area contributed by atoms with Gasteiger partial charge >= 0.3 is 0 Å². The smallest absolute Gasteiger partial charge is 0.158 e. The molecular formula is C20H30O2. The lowest BCUT2D eigenvalue weighted by Crippen LogP contribution is -2.18. The predicted octanol–water partition coefficient (Wildman–Crippen LogP) is 5.15. The Bertz CT molecular complexity index is 512. The van der Waals surface area contributed by atoms with Crippen LogP contribution in [-0.2, 0) is 9.53 Å². The molecule has 1 heterocycles. The van der Waals surface area contributed by atoms with Gasteiger partial charge in [-0.3, -0.25) is 4.79 Å². The molecule has 0 aromatic carbocycles. The molecule has 0 aromatic rings. The highest BCUT2D eigenvalue weighted by atomic mass is 16.6. The molecule has 1 aliphatic carbocycles. The second-order valence-electron chi connectivity index (χ2n) is 7.46. The first-order valence-electron chi connectivity index (χ1n) is 8.49. The summed E-state index contributed by atoms with van der Waals surface area (Å²) in [6.45, 7) is 12.6. The second kappa shape index (κ2) is 6.95. The zero-order chi connectivity index (χ0) is 16.3. The Balaban J connectivity index is 2.13. The molecule has 2 aliphatic rings. The molecule has 122 valence electrons. The van der Waals surface area contributed by atoms with Crippen LogP contribution in [-0.4, -0.2) is 17.5 Å². The van der Waals surface area contributed by atoms with Gasteiger partial charge in [-0.2, -0.15) is 0 Å². The number of allylic oxidation sites excluding steroid dienone is 5. The fourth-order valence-electron chi connectivity index (χ4n) is 3.36. The summed E-state index contributed by atoms with van der Waals surface area (Å²) in [5, 5.41) is 0. The van der Waals surface area contributed by atoms with Crippen LogP contribution >= 0.6 is 0 Å². The first-order valence-corrected chi connectivity index (χ1v) is 8.49. The van der Waals surface area contributed by atoms with Crippen molar-refractivity contribution in [2.45, 2.75) is 77.9 Å². The van der Waals surface area contributed by atoms with Crippen LogP contribution in [0.25, 0.3) is 0 Å². The van der Waals surface area contributed by atoms with Crippen molar-refractivity contribution in [1.82, 2.24) is 0 Å². The average Bonchev–Trinajstić information content (AvgIpc) is 3.02. The van der Waals surface area contributed by atoms with E-state index >= 15 is 0 Å². The van der Waals surface area contributed by atoms with Gasteiger partial charge < -0.3 is 4.74 Å². The van der Waals surface area contributed by atoms with Gasteiger partial charge in [-0.05, 0) is 71.8 Å². The molecule has 3 atom stereocenters. The third-order valence-corrected chi connectivity index (χ3v) is 5.08. The van der Waals surface area contributed by atoms with E-state index < -0.39 is 0 Å². The molecule has 2 rings (SSSR count). The van der Waals surface area contributed by atoms with Crippen LogP contribution in [0.3, 0.4) is 0 Å². The summed E-state index contributed by atoms with van der Waals surface area (Å²) in [4.78, 5) is 12.2. The number of carbonyl (C=O) groups is 1. The van der Waals surface area contributed by atoms with Crippen molar-refractivity contribution in [2.75, 3.05) is 0 Å². The number of fused-ring (bicyclic) bond motifs is 1. The van der Waals surface area contributed by atoms with Crippen molar-refractivity contribution in [3.8, 4) is 0 Å². The monoisotopic (exact) mass is 302 g/mol. The zero-order valence-corrected chi connectivity index (χ0v) is 14.6. The fourth-order valence-corrected chi connectivity index (χ4v) is 3.36. The first-order chi connectivity index (χ1) is 10.3. The molecular weight excluding hydrogens is 272 g/mol. The van der Waals surface area contributed by atoms with Crippen LogP contribution in [0.4, 0.5) is 0 Å². The van der Waals surface area contributed by atoms with Crippen molar-refractivity contribution >= 4 is 5.78 Å². The Morgan fingerprint density at radius 1 is 1.32 bits per heavy atom. The lowest BCUT2D eigenvalue weighted by Gasteiger charge is -2.17. The van der Waals surface area contributed by atoms with Crippen LogP contribution in [0.5, 0.6) is 0 Å². The van der Waals surface area contributed by atoms with Gasteiger partial charge in [-0.15, -0.1) is 0 Å². The molecule has 0 N–H and O–H groups in total. The number of ketones is 1. The van der Waals surface area contributed by atoms with Gasteiger partial charge in [0.15, 0.2) is 5.78 Å². The molecule has 0 bridgehead atoms. The van der Waals surface area contributed by atoms with Gasteiger partial charge in [0.25, 0.3) is 0 Å². The van der Waals surface area contributed by atoms with Gasteiger partial charge in [-0.25, -0.2) is 0 Å². The van der Waals surface area contributed by atoms with Gasteiger partial charge in [-0.1, -0.05) is 29.4 Å². The Labute approximate surface area is 135 Å². The molecule has 0 unspecified atom stereocenters. The van der Waals surface area contributed by atoms with Crippen LogP contribution < -0.4 is 0 Å². The normalized spacial score (nSPS) is 38.8. The van der Waals surface area contributed by atoms with Crippen LogP contribution in [0.15, 0.2) is 35.5 Å². The summed E-state index contributed by atoms with van der Waals surface area (Å²) < 4.78 is 5.89. The van der Waals surface area contributed by atoms with Gasteiger partial charge in [0.2, 0.25) is 0 Å². The lowest BCUT2D eigenvalue weighted by molar-refractivity contribution is -0.115. The second-order valence-corrected chi connectivity index (χ2v) is 7.46. The third-order valence-electron chi connectivity index (χ3n) is 5.08. The third kappa shape index (κ3) is 4.67. The average molecular weight is 302 g/mol. The molecule has 1 fully saturated rings. The van der Waals surface area contributed by atoms with E-state index in [4.69, 9.17) is 4.74 Å². The molecule has 22 heavy (non-hydrogen) atoms. The predicted molar refractivity (Wildman–Crippen MR) is 91.8 cm³/mol. The number of ether oxygens (including phenoxy) is 1. The number of carbonyl (C=O) groups excluding carboxylic acids is 1. The molecule has 0 radical (unpaired) electrons. The summed E-state index contributed by atoms with van der Waals surface area (Å²) >= 11 is 0. The Morgan fingerprint density at radius 3 is 2.73 bits per heavy atom. The van der Waals surface area contributed by atoms with Crippen LogP contribution in [0, 0.1) is 5.92 Å². The maximum atomic E-state index is 12.2. The number of hydrogen-bond donors (Lipinski definition) is 0. The minimum atomic E-state index is -0.253. The lowest BCUT2D eigenvalue weighted by atomic mass is 9.86. The van der Waals surface area contributed by atoms with E-state index in [9.17, 15) is 4.79 Å². The molecule has 0 spiro atoms. The highest BCUT2D eigenvalue weighted by Crippen LogP contribution is 2.45. The molecule has 1 aliphatic heterocycles. The standard InChI is InChI=1S/C20H30O2/c1-14(2)17-10-9-15(3)7-6-8-16(4)11-18(21)13-20(5)19(12-17)22-20/h7,11,17,19H,1,6,8-10,12-13H2,2-5H3/b15-7+,16-11-/t17-,19+,20-/m1/s1. The fraction of sp³-hybridized carbons (Fsp3) is 0.650. The molecule has 2 nitrogen and oxygen atoms in total. The highest BCUT2D eigenvalue weighted by Gasteiger charge is 2.53. The maximum Gasteiger partial charge on any atom is 0.158 e. The minimum absolute atomic E-state index is 0.201. The number of hydrogen-bond acceptors (Lipinski definition) is 2. The summed E-state index contributed by atoms with van der Waals surface area (Å²) in [5.74, 6) is 0.692. The first kappa shape index (κ1) is 17.2. The van der Waals surface area contributed by atoms with Crippen molar-refractivity contribution in [3.63, 3.8) is 0 Å². The molecule has 1 saturated heterocycles. The number of rotatable bonds is 1. The van der Waals surface area contributed by atoms with E-state index in [1.54, 1.807) is 0 Å². The Kier molecular flexibility index (Phi) is 5.44. The Hall–Kier alpha value is -1.15. The zero-order valence-electron chi connectivity index (χ0n) is 14.6. The molecule has 0 aromatic heterocycles. The Morgan fingerprint density at radius 2 is 2.05 bits per heavy atom. The van der Waals surface area contributed by atoms with E-state index in [0.29, 0.717) is 12.3 Å². The summed E-state index contributed by atoms with van der Waals surface area (Å²) in [6.07, 6.45) is 10.1. The van der Waals surface area contributed by atoms with E-state index in [2.05, 4.69) is 40.3 Å². The topological polar surface area (TPSA) is 29.6 Å². The van der Waals surface area contributed by atoms with E-state index in [-0.39, 0.29) is 17.5 Å². The van der Waals surface area contributed by atoms with E-state index in [1.807, 2.05) is 6.08 Å². The minimum Gasteiger partial charge on any atom is -0.366 e. The maximum absolute atomic E-state index is 12.2. The quantitative estimate of drug-likeness (QED) is 0.495. The largest absolute Gasteiger partial charge is 0.366 e. The summed E-state index contributed by atoms with van der Waals surface area (Å²) in [6, 6.07) is 0. The summed E-state index contributed by atoms with van der Waals surface area (Å²) in [7, 11) is 0. The highest BCUT2D eigenvalue weighted by molar-refractivity contribution is 5.91. The van der Waals surface area contributed by atoms with Gasteiger partial charge in [0, 0.05) is 6.42 Å². The van der Waals surface area contributed by atoms with Crippen LogP contribution in [0.2, 0.25) is 0 Å². The van der Waals surface area contributed by atoms with Gasteiger partial charge in [0.05, 0.1) is 11.7 Å². The van der Waals surface area contributed by atoms with Crippen molar-refractivity contribution in [1.29, 1.82) is 0 Å². The van der Waals surface area contributed by atoms with E-state index in [1.165, 1.54) is 16.7 Å². The summed E-state index contributed by atoms with van der Waals surface area (Å²) in [5.41, 5.74) is 3.60. The van der Waals surface area contributed by atoms with Crippen molar-refractivity contribution in [2.24, 2.45) is 5.92 Å². The van der Waals surface area contributed by atoms with Gasteiger partial charge in [0.1, 0.15) is 0 Å². The van der Waals surface area contributed by atoms with Crippen molar-refractivity contribution in [3.05, 3.63) is 35.5 Å². The van der Waals surface area contributed by atoms with Crippen LogP contribution in [0.1, 0.15) is 66.2 Å². The van der Waals surface area contributed by atoms with E-state index in [0.717, 1.165) is 32.1 Å².